The number of hydrogen-bond acceptors (Lipinski definition) is 2. The fraction of sp³-hybridized carbons (Fsp3) is 0.200. The van der Waals surface area contributed by atoms with E-state index >= 15 is 0 Å². The molecule has 13 heavy (non-hydrogen) atoms. The molecule has 0 unspecified atom stereocenters. The van der Waals surface area contributed by atoms with Gasteiger partial charge in [0.2, 0.25) is 0 Å². The van der Waals surface area contributed by atoms with E-state index in [-0.39, 0.29) is 0 Å². The van der Waals surface area contributed by atoms with Gasteiger partial charge in [0.05, 0.1) is 11.2 Å². The fourth-order valence-electron chi connectivity index (χ4n) is 1.23. The normalized spacial score (nSPS) is 10.6. The van der Waals surface area contributed by atoms with Crippen molar-refractivity contribution >= 4 is 26.8 Å². The Hall–Kier alpha value is -0.960. The molecular formula is C10H9BrN2. The number of benzene rings is 1. The molecule has 2 rings (SSSR count). The zero-order valence-electron chi connectivity index (χ0n) is 7.29. The van der Waals surface area contributed by atoms with Crippen molar-refractivity contribution in [1.29, 1.82) is 0 Å². The molecule has 0 saturated carbocycles. The van der Waals surface area contributed by atoms with Gasteiger partial charge >= 0.3 is 0 Å². The first kappa shape index (κ1) is 8.63. The maximum absolute atomic E-state index is 4.12. The van der Waals surface area contributed by atoms with Crippen molar-refractivity contribution in [1.82, 2.24) is 10.2 Å². The number of aromatic nitrogens is 2. The summed E-state index contributed by atoms with van der Waals surface area (Å²) in [5, 5.41) is 9.35. The van der Waals surface area contributed by atoms with E-state index in [1.165, 1.54) is 0 Å². The van der Waals surface area contributed by atoms with Gasteiger partial charge in [0, 0.05) is 9.86 Å². The first-order valence-electron chi connectivity index (χ1n) is 4.21. The SMILES string of the molecule is CCc1cc2cc(Br)ccc2nn1. The van der Waals surface area contributed by atoms with Crippen LogP contribution in [0.5, 0.6) is 0 Å². The molecule has 0 saturated heterocycles. The number of halogens is 1. The second-order valence-electron chi connectivity index (χ2n) is 2.89. The number of hydrogen-bond donors (Lipinski definition) is 0. The van der Waals surface area contributed by atoms with Gasteiger partial charge in [0.1, 0.15) is 0 Å². The van der Waals surface area contributed by atoms with Crippen molar-refractivity contribution in [3.8, 4) is 0 Å². The Morgan fingerprint density at radius 3 is 2.85 bits per heavy atom. The third-order valence-electron chi connectivity index (χ3n) is 1.96. The Morgan fingerprint density at radius 1 is 1.23 bits per heavy atom. The van der Waals surface area contributed by atoms with Crippen LogP contribution < -0.4 is 0 Å². The summed E-state index contributed by atoms with van der Waals surface area (Å²) in [6.07, 6.45) is 0.926. The Morgan fingerprint density at radius 2 is 2.08 bits per heavy atom. The van der Waals surface area contributed by atoms with Crippen LogP contribution in [0.1, 0.15) is 12.6 Å². The molecule has 0 N–H and O–H groups in total. The number of nitrogens with zero attached hydrogens (tertiary/aromatic N) is 2. The maximum Gasteiger partial charge on any atom is 0.0930 e. The van der Waals surface area contributed by atoms with Crippen LogP contribution in [0.4, 0.5) is 0 Å². The molecule has 0 radical (unpaired) electrons. The Kier molecular flexibility index (Phi) is 2.27. The van der Waals surface area contributed by atoms with Gasteiger partial charge in [-0.15, -0.1) is 0 Å². The molecule has 3 heteroatoms. The number of aryl methyl sites for hydroxylation is 1. The van der Waals surface area contributed by atoms with E-state index in [0.717, 1.165) is 27.5 Å². The standard InChI is InChI=1S/C10H9BrN2/c1-2-9-6-7-5-8(11)3-4-10(7)13-12-9/h3-6H,2H2,1H3. The van der Waals surface area contributed by atoms with Gasteiger partial charge in [0.15, 0.2) is 0 Å². The Balaban J connectivity index is 2.68. The molecule has 0 atom stereocenters. The molecular weight excluding hydrogens is 228 g/mol. The lowest BCUT2D eigenvalue weighted by atomic mass is 10.2. The third kappa shape index (κ3) is 1.70. The molecule has 2 nitrogen and oxygen atoms in total. The molecule has 0 amide bonds. The zero-order chi connectivity index (χ0) is 9.26. The smallest absolute Gasteiger partial charge is 0.0930 e. The molecule has 1 heterocycles. The average Bonchev–Trinajstić information content (AvgIpc) is 2.16. The highest BCUT2D eigenvalue weighted by Crippen LogP contribution is 2.17. The molecule has 1 aromatic carbocycles. The molecule has 0 bridgehead atoms. The van der Waals surface area contributed by atoms with E-state index in [4.69, 9.17) is 0 Å². The lowest BCUT2D eigenvalue weighted by Gasteiger charge is -1.99. The van der Waals surface area contributed by atoms with Crippen LogP contribution in [0, 0.1) is 0 Å². The van der Waals surface area contributed by atoms with E-state index in [1.807, 2.05) is 12.1 Å². The third-order valence-corrected chi connectivity index (χ3v) is 2.45. The lowest BCUT2D eigenvalue weighted by Crippen LogP contribution is -1.90. The van der Waals surface area contributed by atoms with Gasteiger partial charge in [-0.3, -0.25) is 0 Å². The molecule has 0 spiro atoms. The molecule has 66 valence electrons. The van der Waals surface area contributed by atoms with Gasteiger partial charge < -0.3 is 0 Å². The van der Waals surface area contributed by atoms with Crippen molar-refractivity contribution < 1.29 is 0 Å². The van der Waals surface area contributed by atoms with Crippen molar-refractivity contribution in [2.24, 2.45) is 0 Å². The molecule has 0 aliphatic carbocycles. The highest BCUT2D eigenvalue weighted by molar-refractivity contribution is 9.10. The summed E-state index contributed by atoms with van der Waals surface area (Å²) in [6.45, 7) is 2.08. The van der Waals surface area contributed by atoms with Gasteiger partial charge in [-0.05, 0) is 30.7 Å². The minimum absolute atomic E-state index is 0.926. The second kappa shape index (κ2) is 3.42. The molecule has 1 aromatic heterocycles. The zero-order valence-corrected chi connectivity index (χ0v) is 8.87. The summed E-state index contributed by atoms with van der Waals surface area (Å²) < 4.78 is 1.08. The maximum atomic E-state index is 4.12. The largest absolute Gasteiger partial charge is 0.155 e. The average molecular weight is 237 g/mol. The van der Waals surface area contributed by atoms with Crippen LogP contribution in [0.2, 0.25) is 0 Å². The number of rotatable bonds is 1. The van der Waals surface area contributed by atoms with Crippen LogP contribution in [0.15, 0.2) is 28.7 Å². The summed E-state index contributed by atoms with van der Waals surface area (Å²) in [6, 6.07) is 8.07. The topological polar surface area (TPSA) is 25.8 Å². The van der Waals surface area contributed by atoms with Crippen LogP contribution in [-0.4, -0.2) is 10.2 Å². The molecule has 0 aliphatic rings. The van der Waals surface area contributed by atoms with Crippen LogP contribution in [0.25, 0.3) is 10.9 Å². The van der Waals surface area contributed by atoms with Crippen molar-refractivity contribution in [3.63, 3.8) is 0 Å². The molecule has 2 aromatic rings. The van der Waals surface area contributed by atoms with E-state index in [2.05, 4.69) is 45.2 Å². The lowest BCUT2D eigenvalue weighted by molar-refractivity contribution is 0.944. The van der Waals surface area contributed by atoms with Crippen molar-refractivity contribution in [2.45, 2.75) is 13.3 Å². The van der Waals surface area contributed by atoms with Crippen molar-refractivity contribution in [2.75, 3.05) is 0 Å². The predicted octanol–water partition coefficient (Wildman–Crippen LogP) is 2.95. The van der Waals surface area contributed by atoms with Gasteiger partial charge in [0.25, 0.3) is 0 Å². The Bertz CT molecular complexity index is 440. The highest BCUT2D eigenvalue weighted by atomic mass is 79.9. The van der Waals surface area contributed by atoms with E-state index < -0.39 is 0 Å². The van der Waals surface area contributed by atoms with Gasteiger partial charge in [-0.2, -0.15) is 10.2 Å². The minimum atomic E-state index is 0.926. The molecule has 0 fully saturated rings. The predicted molar refractivity (Wildman–Crippen MR) is 56.6 cm³/mol. The van der Waals surface area contributed by atoms with Gasteiger partial charge in [-0.25, -0.2) is 0 Å². The van der Waals surface area contributed by atoms with Crippen LogP contribution in [0.3, 0.4) is 0 Å². The Labute approximate surface area is 85.1 Å². The summed E-state index contributed by atoms with van der Waals surface area (Å²) in [5.41, 5.74) is 1.98. The minimum Gasteiger partial charge on any atom is -0.155 e. The summed E-state index contributed by atoms with van der Waals surface area (Å²) >= 11 is 3.43. The highest BCUT2D eigenvalue weighted by Gasteiger charge is 1.98. The van der Waals surface area contributed by atoms with Crippen LogP contribution in [-0.2, 0) is 6.42 Å². The monoisotopic (exact) mass is 236 g/mol. The van der Waals surface area contributed by atoms with Crippen molar-refractivity contribution in [3.05, 3.63) is 34.4 Å². The van der Waals surface area contributed by atoms with Crippen LogP contribution >= 0.6 is 15.9 Å². The quantitative estimate of drug-likeness (QED) is 0.761. The van der Waals surface area contributed by atoms with E-state index in [1.54, 1.807) is 0 Å². The second-order valence-corrected chi connectivity index (χ2v) is 3.81. The van der Waals surface area contributed by atoms with E-state index in [9.17, 15) is 0 Å². The first-order chi connectivity index (χ1) is 6.29. The van der Waals surface area contributed by atoms with E-state index in [0.29, 0.717) is 0 Å². The first-order valence-corrected chi connectivity index (χ1v) is 5.01. The van der Waals surface area contributed by atoms with Gasteiger partial charge in [-0.1, -0.05) is 22.9 Å². The summed E-state index contributed by atoms with van der Waals surface area (Å²) in [5.74, 6) is 0. The molecule has 0 aliphatic heterocycles. The fourth-order valence-corrected chi connectivity index (χ4v) is 1.61. The summed E-state index contributed by atoms with van der Waals surface area (Å²) in [4.78, 5) is 0. The summed E-state index contributed by atoms with van der Waals surface area (Å²) in [7, 11) is 0. The number of fused-ring (bicyclic) bond motifs is 1.